The Labute approximate surface area is 123 Å². The molecule has 1 unspecified atom stereocenters. The monoisotopic (exact) mass is 285 g/mol. The van der Waals surface area contributed by atoms with Crippen molar-refractivity contribution in [3.05, 3.63) is 0 Å². The lowest BCUT2D eigenvalue weighted by molar-refractivity contribution is -0.125. The van der Waals surface area contributed by atoms with Crippen molar-refractivity contribution in [2.45, 2.75) is 66.0 Å². The second-order valence-electron chi connectivity index (χ2n) is 6.35. The Balaban J connectivity index is 3.90. The zero-order valence-electron chi connectivity index (χ0n) is 13.8. The number of hydrogen-bond donors (Lipinski definition) is 3. The lowest BCUT2D eigenvalue weighted by Crippen LogP contribution is -2.51. The molecule has 20 heavy (non-hydrogen) atoms. The van der Waals surface area contributed by atoms with Crippen LogP contribution in [0.5, 0.6) is 0 Å². The minimum Gasteiger partial charge on any atom is -0.356 e. The third-order valence-electron chi connectivity index (χ3n) is 3.25. The first-order valence-corrected chi connectivity index (χ1v) is 7.50. The van der Waals surface area contributed by atoms with Crippen LogP contribution in [0.25, 0.3) is 0 Å². The van der Waals surface area contributed by atoms with Crippen molar-refractivity contribution < 1.29 is 9.59 Å². The first-order valence-electron chi connectivity index (χ1n) is 7.50. The van der Waals surface area contributed by atoms with Crippen molar-refractivity contribution >= 4 is 11.8 Å². The SMILES string of the molecule is CCC(C)(C)NC(=O)C(C)NCCC(=O)NCC(C)C. The summed E-state index contributed by atoms with van der Waals surface area (Å²) in [7, 11) is 0. The summed E-state index contributed by atoms with van der Waals surface area (Å²) < 4.78 is 0. The van der Waals surface area contributed by atoms with Crippen LogP contribution in [0.4, 0.5) is 0 Å². The standard InChI is InChI=1S/C15H31N3O2/c1-7-15(5,6)18-14(20)12(4)16-9-8-13(19)17-10-11(2)3/h11-12,16H,7-10H2,1-6H3,(H,17,19)(H,18,20). The summed E-state index contributed by atoms with van der Waals surface area (Å²) >= 11 is 0. The molecule has 0 rings (SSSR count). The fraction of sp³-hybridized carbons (Fsp3) is 0.867. The zero-order valence-corrected chi connectivity index (χ0v) is 13.8. The third kappa shape index (κ3) is 8.91. The molecule has 1 atom stereocenters. The highest BCUT2D eigenvalue weighted by Gasteiger charge is 2.21. The van der Waals surface area contributed by atoms with Gasteiger partial charge in [0.05, 0.1) is 6.04 Å². The predicted octanol–water partition coefficient (Wildman–Crippen LogP) is 1.43. The molecule has 0 saturated heterocycles. The van der Waals surface area contributed by atoms with Crippen LogP contribution in [0.1, 0.15) is 54.4 Å². The van der Waals surface area contributed by atoms with E-state index in [1.165, 1.54) is 0 Å². The average Bonchev–Trinajstić information content (AvgIpc) is 2.35. The summed E-state index contributed by atoms with van der Waals surface area (Å²) in [6, 6.07) is -0.293. The number of carbonyl (C=O) groups excluding carboxylic acids is 2. The van der Waals surface area contributed by atoms with Crippen LogP contribution >= 0.6 is 0 Å². The second-order valence-corrected chi connectivity index (χ2v) is 6.35. The molecule has 0 aromatic carbocycles. The Bertz CT molecular complexity index is 314. The second kappa shape index (κ2) is 8.95. The van der Waals surface area contributed by atoms with Crippen molar-refractivity contribution in [1.29, 1.82) is 0 Å². The maximum Gasteiger partial charge on any atom is 0.237 e. The first kappa shape index (κ1) is 18.9. The fourth-order valence-corrected chi connectivity index (χ4v) is 1.43. The number of carbonyl (C=O) groups is 2. The van der Waals surface area contributed by atoms with E-state index in [-0.39, 0.29) is 23.4 Å². The van der Waals surface area contributed by atoms with Gasteiger partial charge in [0.25, 0.3) is 0 Å². The van der Waals surface area contributed by atoms with Crippen LogP contribution in [0, 0.1) is 5.92 Å². The van der Waals surface area contributed by atoms with Crippen LogP contribution in [-0.4, -0.2) is 36.5 Å². The zero-order chi connectivity index (χ0) is 15.8. The quantitative estimate of drug-likeness (QED) is 0.600. The molecule has 0 aliphatic carbocycles. The molecular formula is C15H31N3O2. The molecule has 0 heterocycles. The Morgan fingerprint density at radius 2 is 1.75 bits per heavy atom. The summed E-state index contributed by atoms with van der Waals surface area (Å²) in [5, 5.41) is 8.91. The molecule has 0 aromatic rings. The minimum absolute atomic E-state index is 0.0210. The largest absolute Gasteiger partial charge is 0.356 e. The van der Waals surface area contributed by atoms with Gasteiger partial charge in [-0.3, -0.25) is 9.59 Å². The van der Waals surface area contributed by atoms with E-state index in [1.807, 2.05) is 27.7 Å². The van der Waals surface area contributed by atoms with Gasteiger partial charge in [-0.15, -0.1) is 0 Å². The molecule has 0 spiro atoms. The van der Waals surface area contributed by atoms with Crippen molar-refractivity contribution in [3.8, 4) is 0 Å². The van der Waals surface area contributed by atoms with Gasteiger partial charge in [-0.1, -0.05) is 20.8 Å². The van der Waals surface area contributed by atoms with Crippen LogP contribution < -0.4 is 16.0 Å². The summed E-state index contributed by atoms with van der Waals surface area (Å²) in [5.74, 6) is 0.444. The molecule has 3 N–H and O–H groups in total. The molecule has 0 aliphatic heterocycles. The molecule has 0 aromatic heterocycles. The van der Waals surface area contributed by atoms with Gasteiger partial charge in [-0.2, -0.15) is 0 Å². The number of rotatable bonds is 9. The molecular weight excluding hydrogens is 254 g/mol. The van der Waals surface area contributed by atoms with Crippen molar-refractivity contribution in [1.82, 2.24) is 16.0 Å². The molecule has 0 radical (unpaired) electrons. The summed E-state index contributed by atoms with van der Waals surface area (Å²) in [6.07, 6.45) is 1.27. The maximum atomic E-state index is 11.9. The van der Waals surface area contributed by atoms with Crippen LogP contribution in [0.15, 0.2) is 0 Å². The van der Waals surface area contributed by atoms with Gasteiger partial charge in [0.1, 0.15) is 0 Å². The highest BCUT2D eigenvalue weighted by molar-refractivity contribution is 5.82. The highest BCUT2D eigenvalue weighted by atomic mass is 16.2. The smallest absolute Gasteiger partial charge is 0.237 e. The fourth-order valence-electron chi connectivity index (χ4n) is 1.43. The van der Waals surface area contributed by atoms with Gasteiger partial charge in [0.15, 0.2) is 0 Å². The van der Waals surface area contributed by atoms with Gasteiger partial charge in [0.2, 0.25) is 11.8 Å². The minimum atomic E-state index is -0.293. The third-order valence-corrected chi connectivity index (χ3v) is 3.25. The molecule has 5 heteroatoms. The number of hydrogen-bond acceptors (Lipinski definition) is 3. The Morgan fingerprint density at radius 1 is 1.15 bits per heavy atom. The molecule has 0 fully saturated rings. The van der Waals surface area contributed by atoms with Gasteiger partial charge in [-0.25, -0.2) is 0 Å². The van der Waals surface area contributed by atoms with Gasteiger partial charge in [0, 0.05) is 25.0 Å². The van der Waals surface area contributed by atoms with E-state index >= 15 is 0 Å². The average molecular weight is 285 g/mol. The van der Waals surface area contributed by atoms with Crippen LogP contribution in [0.3, 0.4) is 0 Å². The van der Waals surface area contributed by atoms with E-state index in [2.05, 4.69) is 29.8 Å². The lowest BCUT2D eigenvalue weighted by Gasteiger charge is -2.26. The molecule has 0 saturated carbocycles. The number of nitrogens with one attached hydrogen (secondary N) is 3. The Kier molecular flexibility index (Phi) is 8.46. The highest BCUT2D eigenvalue weighted by Crippen LogP contribution is 2.06. The summed E-state index contributed by atoms with van der Waals surface area (Å²) in [4.78, 5) is 23.5. The Morgan fingerprint density at radius 3 is 2.25 bits per heavy atom. The Hall–Kier alpha value is -1.10. The topological polar surface area (TPSA) is 70.2 Å². The molecule has 0 aliphatic rings. The van der Waals surface area contributed by atoms with Gasteiger partial charge >= 0.3 is 0 Å². The predicted molar refractivity (Wildman–Crippen MR) is 82.4 cm³/mol. The van der Waals surface area contributed by atoms with Crippen molar-refractivity contribution in [2.24, 2.45) is 5.92 Å². The molecule has 0 bridgehead atoms. The van der Waals surface area contributed by atoms with Crippen LogP contribution in [0.2, 0.25) is 0 Å². The normalized spacial score (nSPS) is 13.2. The van der Waals surface area contributed by atoms with E-state index in [4.69, 9.17) is 0 Å². The summed E-state index contributed by atoms with van der Waals surface area (Å²) in [5.41, 5.74) is -0.193. The van der Waals surface area contributed by atoms with Crippen molar-refractivity contribution in [3.63, 3.8) is 0 Å². The van der Waals surface area contributed by atoms with Crippen molar-refractivity contribution in [2.75, 3.05) is 13.1 Å². The number of amides is 2. The van der Waals surface area contributed by atoms with E-state index in [0.29, 0.717) is 25.4 Å². The summed E-state index contributed by atoms with van der Waals surface area (Å²) in [6.45, 7) is 13.2. The maximum absolute atomic E-state index is 11.9. The first-order chi connectivity index (χ1) is 9.18. The van der Waals surface area contributed by atoms with Gasteiger partial charge in [-0.05, 0) is 33.1 Å². The molecule has 118 valence electrons. The van der Waals surface area contributed by atoms with E-state index in [1.54, 1.807) is 0 Å². The van der Waals surface area contributed by atoms with E-state index in [9.17, 15) is 9.59 Å². The van der Waals surface area contributed by atoms with Gasteiger partial charge < -0.3 is 16.0 Å². The van der Waals surface area contributed by atoms with Crippen LogP contribution in [-0.2, 0) is 9.59 Å². The van der Waals surface area contributed by atoms with E-state index in [0.717, 1.165) is 6.42 Å². The van der Waals surface area contributed by atoms with E-state index < -0.39 is 0 Å². The molecule has 2 amide bonds. The lowest BCUT2D eigenvalue weighted by atomic mass is 10.0. The molecule has 5 nitrogen and oxygen atoms in total.